The van der Waals surface area contributed by atoms with Crippen molar-refractivity contribution in [3.63, 3.8) is 0 Å². The van der Waals surface area contributed by atoms with Gasteiger partial charge in [-0.15, -0.1) is 0 Å². The van der Waals surface area contributed by atoms with E-state index in [-0.39, 0.29) is 11.8 Å². The molecule has 6 nitrogen and oxygen atoms in total. The Balaban J connectivity index is 1.43. The third kappa shape index (κ3) is 3.50. The molecule has 0 unspecified atom stereocenters. The van der Waals surface area contributed by atoms with Gasteiger partial charge in [0.05, 0.1) is 12.7 Å². The van der Waals surface area contributed by atoms with Gasteiger partial charge in [-0.05, 0) is 37.5 Å². The van der Waals surface area contributed by atoms with Gasteiger partial charge in [0.2, 0.25) is 11.7 Å². The third-order valence-corrected chi connectivity index (χ3v) is 5.30. The largest absolute Gasteiger partial charge is 0.496 e. The van der Waals surface area contributed by atoms with Crippen molar-refractivity contribution in [2.24, 2.45) is 0 Å². The fourth-order valence-corrected chi connectivity index (χ4v) is 3.66. The Morgan fingerprint density at radius 3 is 2.57 bits per heavy atom. The number of aromatic nitrogens is 2. The van der Waals surface area contributed by atoms with E-state index in [1.54, 1.807) is 13.2 Å². The van der Waals surface area contributed by atoms with Crippen molar-refractivity contribution in [1.29, 1.82) is 0 Å². The van der Waals surface area contributed by atoms with E-state index in [0.29, 0.717) is 36.1 Å². The van der Waals surface area contributed by atoms with Gasteiger partial charge < -0.3 is 14.2 Å². The Bertz CT molecular complexity index is 974. The molecular weight excluding hydrogens is 354 g/mol. The first kappa shape index (κ1) is 18.2. The molecule has 0 radical (unpaired) electrons. The number of piperidine rings is 1. The van der Waals surface area contributed by atoms with Crippen LogP contribution < -0.4 is 4.74 Å². The summed E-state index contributed by atoms with van der Waals surface area (Å²) in [6.45, 7) is 3.35. The summed E-state index contributed by atoms with van der Waals surface area (Å²) in [5.74, 6) is 2.06. The molecule has 1 aromatic heterocycles. The second kappa shape index (κ2) is 7.84. The number of hydrogen-bond acceptors (Lipinski definition) is 5. The number of rotatable bonds is 4. The number of ether oxygens (including phenoxy) is 1. The Morgan fingerprint density at radius 2 is 1.82 bits per heavy atom. The Morgan fingerprint density at radius 1 is 1.11 bits per heavy atom. The Hall–Kier alpha value is -3.15. The molecule has 0 atom stereocenters. The van der Waals surface area contributed by atoms with E-state index in [2.05, 4.69) is 10.1 Å². The lowest BCUT2D eigenvalue weighted by Gasteiger charge is -2.30. The van der Waals surface area contributed by atoms with Crippen LogP contribution in [0.1, 0.15) is 40.6 Å². The predicted octanol–water partition coefficient (Wildman–Crippen LogP) is 4.07. The summed E-state index contributed by atoms with van der Waals surface area (Å²) in [6.07, 6.45) is 1.60. The number of aryl methyl sites for hydroxylation is 1. The zero-order chi connectivity index (χ0) is 19.5. The number of carbonyl (C=O) groups excluding carboxylic acids is 1. The van der Waals surface area contributed by atoms with Gasteiger partial charge in [0.15, 0.2) is 0 Å². The van der Waals surface area contributed by atoms with Gasteiger partial charge in [0.1, 0.15) is 5.75 Å². The van der Waals surface area contributed by atoms with Crippen LogP contribution >= 0.6 is 0 Å². The minimum absolute atomic E-state index is 0.00188. The maximum absolute atomic E-state index is 12.8. The SMILES string of the molecule is COc1ccccc1C(=O)N1CCC(c2nc(-c3ccccc3C)no2)CC1. The van der Waals surface area contributed by atoms with Crippen LogP contribution in [0.15, 0.2) is 53.1 Å². The van der Waals surface area contributed by atoms with Crippen LogP contribution in [0.2, 0.25) is 0 Å². The van der Waals surface area contributed by atoms with Gasteiger partial charge in [-0.3, -0.25) is 4.79 Å². The summed E-state index contributed by atoms with van der Waals surface area (Å²) in [4.78, 5) is 19.3. The predicted molar refractivity (Wildman–Crippen MR) is 105 cm³/mol. The summed E-state index contributed by atoms with van der Waals surface area (Å²) < 4.78 is 10.9. The number of amides is 1. The van der Waals surface area contributed by atoms with Gasteiger partial charge in [0.25, 0.3) is 5.91 Å². The molecule has 1 saturated heterocycles. The Kier molecular flexibility index (Phi) is 5.10. The quantitative estimate of drug-likeness (QED) is 0.685. The molecule has 4 rings (SSSR count). The Labute approximate surface area is 164 Å². The second-order valence-corrected chi connectivity index (χ2v) is 7.04. The van der Waals surface area contributed by atoms with Gasteiger partial charge >= 0.3 is 0 Å². The molecule has 1 aliphatic rings. The number of carbonyl (C=O) groups is 1. The van der Waals surface area contributed by atoms with Crippen molar-refractivity contribution in [3.8, 4) is 17.1 Å². The van der Waals surface area contributed by atoms with Gasteiger partial charge in [-0.2, -0.15) is 4.98 Å². The summed E-state index contributed by atoms with van der Waals surface area (Å²) in [6, 6.07) is 15.3. The molecule has 28 heavy (non-hydrogen) atoms. The number of methoxy groups -OCH3 is 1. The number of hydrogen-bond donors (Lipinski definition) is 0. The molecule has 0 N–H and O–H groups in total. The van der Waals surface area contributed by atoms with E-state index in [1.165, 1.54) is 0 Å². The first-order chi connectivity index (χ1) is 13.7. The first-order valence-electron chi connectivity index (χ1n) is 9.49. The van der Waals surface area contributed by atoms with Crippen molar-refractivity contribution in [3.05, 3.63) is 65.5 Å². The zero-order valence-electron chi connectivity index (χ0n) is 16.1. The fraction of sp³-hybridized carbons (Fsp3) is 0.318. The summed E-state index contributed by atoms with van der Waals surface area (Å²) in [5, 5.41) is 4.16. The van der Waals surface area contributed by atoms with Crippen LogP contribution in [0.4, 0.5) is 0 Å². The smallest absolute Gasteiger partial charge is 0.257 e. The van der Waals surface area contributed by atoms with Crippen LogP contribution in [-0.4, -0.2) is 41.1 Å². The minimum atomic E-state index is 0.00188. The standard InChI is InChI=1S/C22H23N3O3/c1-15-7-3-4-8-17(15)20-23-21(28-24-20)16-11-13-25(14-12-16)22(26)18-9-5-6-10-19(18)27-2/h3-10,16H,11-14H2,1-2H3. The average molecular weight is 377 g/mol. The van der Waals surface area contributed by atoms with Crippen LogP contribution in [0.25, 0.3) is 11.4 Å². The maximum Gasteiger partial charge on any atom is 0.257 e. The molecule has 1 amide bonds. The van der Waals surface area contributed by atoms with Crippen LogP contribution in [0, 0.1) is 6.92 Å². The molecule has 0 spiro atoms. The molecule has 2 aromatic carbocycles. The zero-order valence-corrected chi connectivity index (χ0v) is 16.1. The van der Waals surface area contributed by atoms with E-state index in [9.17, 15) is 4.79 Å². The summed E-state index contributed by atoms with van der Waals surface area (Å²) in [7, 11) is 1.58. The highest BCUT2D eigenvalue weighted by atomic mass is 16.5. The van der Waals surface area contributed by atoms with E-state index in [1.807, 2.05) is 54.3 Å². The second-order valence-electron chi connectivity index (χ2n) is 7.04. The van der Waals surface area contributed by atoms with Crippen molar-refractivity contribution < 1.29 is 14.1 Å². The van der Waals surface area contributed by atoms with Gasteiger partial charge in [0, 0.05) is 24.6 Å². The number of nitrogens with zero attached hydrogens (tertiary/aromatic N) is 3. The number of benzene rings is 2. The molecule has 6 heteroatoms. The van der Waals surface area contributed by atoms with Crippen molar-refractivity contribution >= 4 is 5.91 Å². The molecular formula is C22H23N3O3. The van der Waals surface area contributed by atoms with Gasteiger partial charge in [-0.25, -0.2) is 0 Å². The van der Waals surface area contributed by atoms with Crippen LogP contribution in [-0.2, 0) is 0 Å². The molecule has 1 fully saturated rings. The highest BCUT2D eigenvalue weighted by molar-refractivity contribution is 5.97. The van der Waals surface area contributed by atoms with E-state index in [4.69, 9.17) is 9.26 Å². The fourth-order valence-electron chi connectivity index (χ4n) is 3.66. The molecule has 0 aliphatic carbocycles. The third-order valence-electron chi connectivity index (χ3n) is 5.30. The summed E-state index contributed by atoms with van der Waals surface area (Å²) >= 11 is 0. The average Bonchev–Trinajstić information content (AvgIpc) is 3.23. The highest BCUT2D eigenvalue weighted by Gasteiger charge is 2.29. The van der Waals surface area contributed by atoms with Gasteiger partial charge in [-0.1, -0.05) is 41.6 Å². The van der Waals surface area contributed by atoms with E-state index >= 15 is 0 Å². The molecule has 0 saturated carbocycles. The topological polar surface area (TPSA) is 68.5 Å². The van der Waals surface area contributed by atoms with E-state index in [0.717, 1.165) is 24.0 Å². The normalized spacial score (nSPS) is 14.9. The van der Waals surface area contributed by atoms with Crippen molar-refractivity contribution in [1.82, 2.24) is 15.0 Å². The molecule has 2 heterocycles. The number of likely N-dealkylation sites (tertiary alicyclic amines) is 1. The van der Waals surface area contributed by atoms with Crippen molar-refractivity contribution in [2.45, 2.75) is 25.7 Å². The summed E-state index contributed by atoms with van der Waals surface area (Å²) in [5.41, 5.74) is 2.71. The minimum Gasteiger partial charge on any atom is -0.496 e. The lowest BCUT2D eigenvalue weighted by Crippen LogP contribution is -2.38. The monoisotopic (exact) mass is 377 g/mol. The lowest BCUT2D eigenvalue weighted by molar-refractivity contribution is 0.0701. The molecule has 1 aliphatic heterocycles. The molecule has 3 aromatic rings. The highest BCUT2D eigenvalue weighted by Crippen LogP contribution is 2.30. The number of para-hydroxylation sites is 1. The van der Waals surface area contributed by atoms with Crippen molar-refractivity contribution in [2.75, 3.05) is 20.2 Å². The molecule has 144 valence electrons. The molecule has 0 bridgehead atoms. The van der Waals surface area contributed by atoms with E-state index < -0.39 is 0 Å². The first-order valence-corrected chi connectivity index (χ1v) is 9.49. The maximum atomic E-state index is 12.8. The van der Waals surface area contributed by atoms with Crippen LogP contribution in [0.3, 0.4) is 0 Å². The lowest BCUT2D eigenvalue weighted by atomic mass is 9.96. The van der Waals surface area contributed by atoms with Crippen LogP contribution in [0.5, 0.6) is 5.75 Å².